The largest absolute Gasteiger partial charge is 0.372 e. The molecule has 1 aromatic carbocycles. The van der Waals surface area contributed by atoms with E-state index in [0.29, 0.717) is 13.0 Å². The van der Waals surface area contributed by atoms with Crippen LogP contribution in [-0.4, -0.2) is 42.9 Å². The average molecular weight is 314 g/mol. The summed E-state index contributed by atoms with van der Waals surface area (Å²) >= 11 is 0. The number of anilines is 2. The topological polar surface area (TPSA) is 76.4 Å². The highest BCUT2D eigenvalue weighted by atomic mass is 16.2. The zero-order valence-electron chi connectivity index (χ0n) is 13.8. The van der Waals surface area contributed by atoms with Crippen molar-refractivity contribution in [1.29, 1.82) is 5.26 Å². The lowest BCUT2D eigenvalue weighted by molar-refractivity contribution is -0.130. The van der Waals surface area contributed by atoms with Crippen LogP contribution in [0.4, 0.5) is 11.4 Å². The lowest BCUT2D eigenvalue weighted by Crippen LogP contribution is -2.50. The Kier molecular flexibility index (Phi) is 5.22. The predicted octanol–water partition coefficient (Wildman–Crippen LogP) is 1.90. The molecule has 1 aromatic rings. The molecule has 1 aliphatic rings. The monoisotopic (exact) mass is 314 g/mol. The van der Waals surface area contributed by atoms with Crippen molar-refractivity contribution in [2.75, 3.05) is 30.4 Å². The molecule has 6 nitrogen and oxygen atoms in total. The van der Waals surface area contributed by atoms with E-state index in [-0.39, 0.29) is 30.8 Å². The summed E-state index contributed by atoms with van der Waals surface area (Å²) in [6.45, 7) is 4.29. The maximum atomic E-state index is 12.6. The van der Waals surface area contributed by atoms with E-state index in [1.807, 2.05) is 38.1 Å². The number of hydrogen-bond acceptors (Lipinski definition) is 4. The number of fused-ring (bicyclic) bond motifs is 1. The molecule has 2 rings (SSSR count). The van der Waals surface area contributed by atoms with Crippen molar-refractivity contribution >= 4 is 23.2 Å². The molecule has 1 atom stereocenters. The van der Waals surface area contributed by atoms with Crippen LogP contribution in [0.1, 0.15) is 25.3 Å². The first kappa shape index (κ1) is 16.8. The second kappa shape index (κ2) is 7.14. The van der Waals surface area contributed by atoms with Gasteiger partial charge < -0.3 is 10.2 Å². The highest BCUT2D eigenvalue weighted by molar-refractivity contribution is 6.07. The van der Waals surface area contributed by atoms with Gasteiger partial charge in [0.1, 0.15) is 12.6 Å². The Labute approximate surface area is 136 Å². The molecule has 6 heteroatoms. The number of nitriles is 1. The molecule has 2 amide bonds. The summed E-state index contributed by atoms with van der Waals surface area (Å²) in [7, 11) is 1.65. The Balaban J connectivity index is 2.24. The predicted molar refractivity (Wildman–Crippen MR) is 89.1 cm³/mol. The summed E-state index contributed by atoms with van der Waals surface area (Å²) in [5, 5.41) is 11.9. The lowest BCUT2D eigenvalue weighted by atomic mass is 10.1. The van der Waals surface area contributed by atoms with Crippen molar-refractivity contribution in [1.82, 2.24) is 4.90 Å². The van der Waals surface area contributed by atoms with Crippen molar-refractivity contribution in [3.8, 4) is 6.07 Å². The van der Waals surface area contributed by atoms with Gasteiger partial charge in [0.2, 0.25) is 11.8 Å². The van der Waals surface area contributed by atoms with Gasteiger partial charge in [0.25, 0.3) is 0 Å². The first-order chi connectivity index (χ1) is 11.0. The third-order valence-corrected chi connectivity index (χ3v) is 4.02. The van der Waals surface area contributed by atoms with E-state index in [9.17, 15) is 9.59 Å². The van der Waals surface area contributed by atoms with Gasteiger partial charge in [-0.1, -0.05) is 13.0 Å². The normalized spacial score (nSPS) is 16.3. The van der Waals surface area contributed by atoms with E-state index in [4.69, 9.17) is 5.26 Å². The molecule has 1 N–H and O–H groups in total. The second-order valence-electron chi connectivity index (χ2n) is 5.77. The molecule has 1 aliphatic heterocycles. The van der Waals surface area contributed by atoms with Gasteiger partial charge in [0.15, 0.2) is 0 Å². The van der Waals surface area contributed by atoms with Crippen LogP contribution < -0.4 is 10.2 Å². The number of nitrogens with zero attached hydrogens (tertiary/aromatic N) is 3. The molecule has 0 aliphatic carbocycles. The fraction of sp³-hybridized carbons (Fsp3) is 0.471. The van der Waals surface area contributed by atoms with Crippen LogP contribution >= 0.6 is 0 Å². The zero-order chi connectivity index (χ0) is 17.0. The maximum absolute atomic E-state index is 12.6. The van der Waals surface area contributed by atoms with Gasteiger partial charge >= 0.3 is 0 Å². The third-order valence-electron chi connectivity index (χ3n) is 4.02. The number of aryl methyl sites for hydroxylation is 1. The molecule has 1 heterocycles. The minimum absolute atomic E-state index is 0.00496. The van der Waals surface area contributed by atoms with Gasteiger partial charge in [-0.2, -0.15) is 5.26 Å². The summed E-state index contributed by atoms with van der Waals surface area (Å²) in [6, 6.07) is 7.48. The molecule has 122 valence electrons. The fourth-order valence-electron chi connectivity index (χ4n) is 2.60. The number of benzene rings is 1. The maximum Gasteiger partial charge on any atom is 0.250 e. The molecular weight excluding hydrogens is 292 g/mol. The van der Waals surface area contributed by atoms with Crippen LogP contribution in [-0.2, 0) is 9.59 Å². The summed E-state index contributed by atoms with van der Waals surface area (Å²) in [5.74, 6) is -0.261. The highest BCUT2D eigenvalue weighted by Gasteiger charge is 2.32. The summed E-state index contributed by atoms with van der Waals surface area (Å²) < 4.78 is 0. The Morgan fingerprint density at radius 1 is 1.48 bits per heavy atom. The molecule has 0 bridgehead atoms. The highest BCUT2D eigenvalue weighted by Crippen LogP contribution is 2.33. The number of carbonyl (C=O) groups excluding carboxylic acids is 2. The second-order valence-corrected chi connectivity index (χ2v) is 5.77. The molecule has 23 heavy (non-hydrogen) atoms. The Hall–Kier alpha value is -2.55. The van der Waals surface area contributed by atoms with Crippen LogP contribution in [0.25, 0.3) is 0 Å². The van der Waals surface area contributed by atoms with Gasteiger partial charge in [0.05, 0.1) is 23.9 Å². The Morgan fingerprint density at radius 2 is 2.22 bits per heavy atom. The minimum atomic E-state index is -0.318. The standard InChI is InChI=1S/C17H22N4O2/c1-4-13-17(23)21(11-16(22)20(3)9-5-8-18)15-7-6-12(2)10-14(15)19-13/h6-7,10,13,19H,4-5,9,11H2,1-3H3. The first-order valence-electron chi connectivity index (χ1n) is 7.77. The number of hydrogen-bond donors (Lipinski definition) is 1. The minimum Gasteiger partial charge on any atom is -0.372 e. The number of nitrogens with one attached hydrogen (secondary N) is 1. The lowest BCUT2D eigenvalue weighted by Gasteiger charge is -2.35. The number of likely N-dealkylation sites (N-methyl/N-ethyl adjacent to an activating group) is 1. The SMILES string of the molecule is CCC1Nc2cc(C)ccc2N(CC(=O)N(C)CCC#N)C1=O. The Morgan fingerprint density at radius 3 is 2.87 bits per heavy atom. The molecule has 0 saturated carbocycles. The smallest absolute Gasteiger partial charge is 0.250 e. The van der Waals surface area contributed by atoms with E-state index in [1.165, 1.54) is 4.90 Å². The Bertz CT molecular complexity index is 650. The van der Waals surface area contributed by atoms with E-state index in [1.54, 1.807) is 11.9 Å². The molecule has 0 aromatic heterocycles. The van der Waals surface area contributed by atoms with Crippen LogP contribution in [0.2, 0.25) is 0 Å². The molecule has 0 spiro atoms. The molecule has 0 radical (unpaired) electrons. The van der Waals surface area contributed by atoms with Crippen molar-refractivity contribution in [2.24, 2.45) is 0 Å². The van der Waals surface area contributed by atoms with Gasteiger partial charge in [-0.25, -0.2) is 0 Å². The van der Waals surface area contributed by atoms with E-state index in [2.05, 4.69) is 5.32 Å². The van der Waals surface area contributed by atoms with Gasteiger partial charge in [-0.05, 0) is 31.0 Å². The van der Waals surface area contributed by atoms with Gasteiger partial charge in [0, 0.05) is 13.6 Å². The average Bonchev–Trinajstić information content (AvgIpc) is 2.54. The quantitative estimate of drug-likeness (QED) is 0.900. The summed E-state index contributed by atoms with van der Waals surface area (Å²) in [6.07, 6.45) is 0.937. The van der Waals surface area contributed by atoms with E-state index >= 15 is 0 Å². The van der Waals surface area contributed by atoms with Crippen LogP contribution in [0.15, 0.2) is 18.2 Å². The van der Waals surface area contributed by atoms with Crippen LogP contribution in [0.5, 0.6) is 0 Å². The van der Waals surface area contributed by atoms with Crippen LogP contribution in [0, 0.1) is 18.3 Å². The van der Waals surface area contributed by atoms with E-state index < -0.39 is 0 Å². The fourth-order valence-corrected chi connectivity index (χ4v) is 2.60. The van der Waals surface area contributed by atoms with Crippen molar-refractivity contribution < 1.29 is 9.59 Å². The molecule has 0 saturated heterocycles. The van der Waals surface area contributed by atoms with Crippen LogP contribution in [0.3, 0.4) is 0 Å². The molecule has 0 fully saturated rings. The van der Waals surface area contributed by atoms with E-state index in [0.717, 1.165) is 16.9 Å². The van der Waals surface area contributed by atoms with Crippen molar-refractivity contribution in [2.45, 2.75) is 32.7 Å². The molecular formula is C17H22N4O2. The van der Waals surface area contributed by atoms with Gasteiger partial charge in [-0.3, -0.25) is 14.5 Å². The van der Waals surface area contributed by atoms with Crippen molar-refractivity contribution in [3.63, 3.8) is 0 Å². The van der Waals surface area contributed by atoms with Gasteiger partial charge in [-0.15, -0.1) is 0 Å². The summed E-state index contributed by atoms with van der Waals surface area (Å²) in [5.41, 5.74) is 2.70. The summed E-state index contributed by atoms with van der Waals surface area (Å²) in [4.78, 5) is 28.0. The molecule has 1 unspecified atom stereocenters. The number of rotatable bonds is 5. The van der Waals surface area contributed by atoms with Crippen molar-refractivity contribution in [3.05, 3.63) is 23.8 Å². The third kappa shape index (κ3) is 3.62. The first-order valence-corrected chi connectivity index (χ1v) is 7.77. The number of amides is 2. The number of carbonyl (C=O) groups is 2. The zero-order valence-corrected chi connectivity index (χ0v) is 13.8.